The molecule has 1 saturated carbocycles. The Bertz CT molecular complexity index is 406. The van der Waals surface area contributed by atoms with Crippen LogP contribution in [0.4, 0.5) is 11.5 Å². The van der Waals surface area contributed by atoms with Crippen LogP contribution in [0.3, 0.4) is 0 Å². The van der Waals surface area contributed by atoms with Crippen LogP contribution in [0, 0.1) is 16.7 Å². The SMILES string of the molecule is CC1(C)C(CNc2cc(N)cc(Cl)n2)C1(C)C. The number of pyridine rings is 1. The number of nitrogens with one attached hydrogen (secondary N) is 1. The summed E-state index contributed by atoms with van der Waals surface area (Å²) in [6, 6.07) is 3.46. The van der Waals surface area contributed by atoms with Crippen LogP contribution < -0.4 is 11.1 Å². The maximum atomic E-state index is 5.86. The van der Waals surface area contributed by atoms with Gasteiger partial charge in [0.25, 0.3) is 0 Å². The molecule has 0 atom stereocenters. The van der Waals surface area contributed by atoms with E-state index < -0.39 is 0 Å². The zero-order chi connectivity index (χ0) is 12.8. The van der Waals surface area contributed by atoms with Crippen molar-refractivity contribution in [2.45, 2.75) is 27.7 Å². The van der Waals surface area contributed by atoms with E-state index in [2.05, 4.69) is 38.0 Å². The van der Waals surface area contributed by atoms with E-state index in [0.717, 1.165) is 12.4 Å². The number of aromatic nitrogens is 1. The first-order chi connectivity index (χ1) is 7.75. The Kier molecular flexibility index (Phi) is 2.77. The fourth-order valence-corrected chi connectivity index (χ4v) is 2.87. The molecular formula is C13H20ClN3. The van der Waals surface area contributed by atoms with Crippen molar-refractivity contribution in [2.75, 3.05) is 17.6 Å². The monoisotopic (exact) mass is 253 g/mol. The number of anilines is 2. The molecule has 0 unspecified atom stereocenters. The Hall–Kier alpha value is -0.960. The van der Waals surface area contributed by atoms with E-state index in [1.165, 1.54) is 0 Å². The molecule has 0 bridgehead atoms. The zero-order valence-electron chi connectivity index (χ0n) is 10.8. The largest absolute Gasteiger partial charge is 0.399 e. The van der Waals surface area contributed by atoms with Gasteiger partial charge in [-0.1, -0.05) is 39.3 Å². The summed E-state index contributed by atoms with van der Waals surface area (Å²) in [7, 11) is 0. The molecule has 1 aliphatic carbocycles. The highest BCUT2D eigenvalue weighted by atomic mass is 35.5. The van der Waals surface area contributed by atoms with Gasteiger partial charge in [0.1, 0.15) is 11.0 Å². The van der Waals surface area contributed by atoms with E-state index in [1.54, 1.807) is 6.07 Å². The topological polar surface area (TPSA) is 50.9 Å². The highest BCUT2D eigenvalue weighted by Crippen LogP contribution is 2.68. The molecule has 1 heterocycles. The average molecular weight is 254 g/mol. The molecule has 1 fully saturated rings. The number of hydrogen-bond acceptors (Lipinski definition) is 3. The molecule has 0 saturated heterocycles. The minimum absolute atomic E-state index is 0.379. The third-order valence-electron chi connectivity index (χ3n) is 4.62. The number of nitrogen functional groups attached to an aromatic ring is 1. The van der Waals surface area contributed by atoms with Gasteiger partial charge in [-0.2, -0.15) is 0 Å². The predicted octanol–water partition coefficient (Wildman–Crippen LogP) is 3.41. The van der Waals surface area contributed by atoms with Crippen molar-refractivity contribution in [3.05, 3.63) is 17.3 Å². The van der Waals surface area contributed by atoms with Crippen LogP contribution in [-0.4, -0.2) is 11.5 Å². The Morgan fingerprint density at radius 3 is 2.35 bits per heavy atom. The minimum Gasteiger partial charge on any atom is -0.399 e. The normalized spacial score (nSPS) is 21.2. The lowest BCUT2D eigenvalue weighted by atomic mass is 10.0. The molecule has 0 aromatic carbocycles. The van der Waals surface area contributed by atoms with Crippen LogP contribution in [0.2, 0.25) is 5.15 Å². The van der Waals surface area contributed by atoms with Gasteiger partial charge < -0.3 is 11.1 Å². The second-order valence-corrected chi connectivity index (χ2v) is 6.37. The minimum atomic E-state index is 0.379. The first kappa shape index (κ1) is 12.5. The molecule has 0 radical (unpaired) electrons. The van der Waals surface area contributed by atoms with Crippen LogP contribution in [0.15, 0.2) is 12.1 Å². The fourth-order valence-electron chi connectivity index (χ4n) is 2.66. The van der Waals surface area contributed by atoms with E-state index in [-0.39, 0.29) is 0 Å². The Morgan fingerprint density at radius 2 is 1.88 bits per heavy atom. The molecule has 0 amide bonds. The summed E-state index contributed by atoms with van der Waals surface area (Å²) in [4.78, 5) is 4.20. The van der Waals surface area contributed by atoms with E-state index in [4.69, 9.17) is 17.3 Å². The molecule has 2 rings (SSSR count). The van der Waals surface area contributed by atoms with Crippen molar-refractivity contribution >= 4 is 23.1 Å². The summed E-state index contributed by atoms with van der Waals surface area (Å²) in [5.41, 5.74) is 7.12. The van der Waals surface area contributed by atoms with Crippen molar-refractivity contribution in [1.29, 1.82) is 0 Å². The molecule has 94 valence electrons. The summed E-state index contributed by atoms with van der Waals surface area (Å²) in [6.07, 6.45) is 0. The molecule has 0 spiro atoms. The Morgan fingerprint density at radius 1 is 1.29 bits per heavy atom. The number of halogens is 1. The highest BCUT2D eigenvalue weighted by Gasteiger charge is 2.64. The summed E-state index contributed by atoms with van der Waals surface area (Å²) in [6.45, 7) is 10.1. The number of rotatable bonds is 3. The third kappa shape index (κ3) is 2.08. The summed E-state index contributed by atoms with van der Waals surface area (Å²) in [5.74, 6) is 1.41. The van der Waals surface area contributed by atoms with Gasteiger partial charge in [-0.3, -0.25) is 0 Å². The zero-order valence-corrected chi connectivity index (χ0v) is 11.6. The molecule has 3 N–H and O–H groups in total. The fraction of sp³-hybridized carbons (Fsp3) is 0.615. The standard InChI is InChI=1S/C13H20ClN3/c1-12(2)9(13(12,3)4)7-16-11-6-8(15)5-10(14)17-11/h5-6,9H,7H2,1-4H3,(H3,15,16,17). The van der Waals surface area contributed by atoms with E-state index in [1.807, 2.05) is 6.07 Å². The Balaban J connectivity index is 2.00. The molecular weight excluding hydrogens is 234 g/mol. The lowest BCUT2D eigenvalue weighted by Gasteiger charge is -2.08. The van der Waals surface area contributed by atoms with E-state index in [0.29, 0.717) is 27.6 Å². The number of nitrogens with two attached hydrogens (primary N) is 1. The maximum Gasteiger partial charge on any atom is 0.133 e. The van der Waals surface area contributed by atoms with Crippen LogP contribution in [0.1, 0.15) is 27.7 Å². The predicted molar refractivity (Wildman–Crippen MR) is 73.2 cm³/mol. The summed E-state index contributed by atoms with van der Waals surface area (Å²) >= 11 is 5.86. The molecule has 17 heavy (non-hydrogen) atoms. The van der Waals surface area contributed by atoms with Gasteiger partial charge in [-0.05, 0) is 22.8 Å². The van der Waals surface area contributed by atoms with Crippen molar-refractivity contribution in [3.63, 3.8) is 0 Å². The maximum absolute atomic E-state index is 5.86. The van der Waals surface area contributed by atoms with Crippen LogP contribution >= 0.6 is 11.6 Å². The number of hydrogen-bond donors (Lipinski definition) is 2. The molecule has 0 aliphatic heterocycles. The first-order valence-corrected chi connectivity index (χ1v) is 6.30. The second-order valence-electron chi connectivity index (χ2n) is 5.99. The lowest BCUT2D eigenvalue weighted by molar-refractivity contribution is 0.457. The van der Waals surface area contributed by atoms with Gasteiger partial charge in [0.05, 0.1) is 0 Å². The van der Waals surface area contributed by atoms with Crippen molar-refractivity contribution in [3.8, 4) is 0 Å². The van der Waals surface area contributed by atoms with Crippen molar-refractivity contribution in [1.82, 2.24) is 4.98 Å². The van der Waals surface area contributed by atoms with Gasteiger partial charge >= 0.3 is 0 Å². The summed E-state index contributed by atoms with van der Waals surface area (Å²) < 4.78 is 0. The van der Waals surface area contributed by atoms with Crippen molar-refractivity contribution in [2.24, 2.45) is 16.7 Å². The smallest absolute Gasteiger partial charge is 0.133 e. The van der Waals surface area contributed by atoms with E-state index in [9.17, 15) is 0 Å². The first-order valence-electron chi connectivity index (χ1n) is 5.92. The molecule has 1 aromatic heterocycles. The number of nitrogens with zero attached hydrogens (tertiary/aromatic N) is 1. The lowest BCUT2D eigenvalue weighted by Crippen LogP contribution is -2.09. The molecule has 1 aromatic rings. The summed E-state index contributed by atoms with van der Waals surface area (Å²) in [5, 5.41) is 3.76. The van der Waals surface area contributed by atoms with Gasteiger partial charge in [0, 0.05) is 18.3 Å². The van der Waals surface area contributed by atoms with Crippen LogP contribution in [0.5, 0.6) is 0 Å². The van der Waals surface area contributed by atoms with Crippen LogP contribution in [0.25, 0.3) is 0 Å². The molecule has 1 aliphatic rings. The average Bonchev–Trinajstić information content (AvgIpc) is 2.53. The quantitative estimate of drug-likeness (QED) is 0.812. The highest BCUT2D eigenvalue weighted by molar-refractivity contribution is 6.29. The van der Waals surface area contributed by atoms with Gasteiger partial charge in [0.2, 0.25) is 0 Å². The van der Waals surface area contributed by atoms with Crippen molar-refractivity contribution < 1.29 is 0 Å². The second kappa shape index (κ2) is 3.77. The molecule has 4 heteroatoms. The van der Waals surface area contributed by atoms with E-state index >= 15 is 0 Å². The Labute approximate surface area is 108 Å². The van der Waals surface area contributed by atoms with Gasteiger partial charge in [-0.15, -0.1) is 0 Å². The van der Waals surface area contributed by atoms with Gasteiger partial charge in [-0.25, -0.2) is 4.98 Å². The van der Waals surface area contributed by atoms with Gasteiger partial charge in [0.15, 0.2) is 0 Å². The third-order valence-corrected chi connectivity index (χ3v) is 4.82. The van der Waals surface area contributed by atoms with Crippen LogP contribution in [-0.2, 0) is 0 Å². The molecule has 3 nitrogen and oxygen atoms in total.